The number of aromatic hydroxyl groups is 2. The number of benzene rings is 2. The van der Waals surface area contributed by atoms with Crippen molar-refractivity contribution in [3.63, 3.8) is 0 Å². The molecule has 0 amide bonds. The summed E-state index contributed by atoms with van der Waals surface area (Å²) in [5.41, 5.74) is 4.59. The van der Waals surface area contributed by atoms with Crippen LogP contribution in [0.1, 0.15) is 28.3 Å². The molecule has 0 saturated carbocycles. The van der Waals surface area contributed by atoms with Crippen LogP contribution < -0.4 is 14.4 Å². The van der Waals surface area contributed by atoms with Gasteiger partial charge in [-0.1, -0.05) is 6.07 Å². The van der Waals surface area contributed by atoms with E-state index in [0.717, 1.165) is 37.1 Å². The minimum absolute atomic E-state index is 0.195. The van der Waals surface area contributed by atoms with Crippen LogP contribution >= 0.6 is 0 Å². The Hall–Kier alpha value is -2.40. The molecular weight excluding hydrogens is 306 g/mol. The molecule has 0 radical (unpaired) electrons. The minimum Gasteiger partial charge on any atom is -0.504 e. The summed E-state index contributed by atoms with van der Waals surface area (Å²) in [6.07, 6.45) is 1.79. The van der Waals surface area contributed by atoms with Crippen molar-refractivity contribution in [2.45, 2.75) is 25.4 Å². The lowest BCUT2D eigenvalue weighted by molar-refractivity contribution is -0.949. The Morgan fingerprint density at radius 1 is 1.04 bits per heavy atom. The van der Waals surface area contributed by atoms with Gasteiger partial charge in [-0.2, -0.15) is 0 Å². The largest absolute Gasteiger partial charge is 0.504 e. The number of quaternary nitrogens is 1. The molecule has 126 valence electrons. The molecule has 24 heavy (non-hydrogen) atoms. The smallest absolute Gasteiger partial charge is 0.166 e. The maximum atomic E-state index is 10.4. The van der Waals surface area contributed by atoms with E-state index in [-0.39, 0.29) is 11.5 Å². The molecule has 0 saturated heterocycles. The van der Waals surface area contributed by atoms with Gasteiger partial charge in [-0.15, -0.1) is 0 Å². The molecule has 2 heterocycles. The molecule has 0 fully saturated rings. The van der Waals surface area contributed by atoms with Crippen molar-refractivity contribution in [3.8, 4) is 23.0 Å². The number of fused-ring (bicyclic) bond motifs is 4. The lowest BCUT2D eigenvalue weighted by atomic mass is 9.83. The van der Waals surface area contributed by atoms with E-state index in [2.05, 4.69) is 0 Å². The van der Waals surface area contributed by atoms with Crippen molar-refractivity contribution in [3.05, 3.63) is 46.5 Å². The molecule has 2 atom stereocenters. The Morgan fingerprint density at radius 3 is 2.58 bits per heavy atom. The molecule has 2 aliphatic heterocycles. The van der Waals surface area contributed by atoms with Gasteiger partial charge in [0.15, 0.2) is 23.0 Å². The third kappa shape index (κ3) is 2.19. The minimum atomic E-state index is 0.195. The van der Waals surface area contributed by atoms with Crippen molar-refractivity contribution < 1.29 is 24.6 Å². The number of hydrogen-bond donors (Lipinski definition) is 3. The van der Waals surface area contributed by atoms with Crippen LogP contribution in [0, 0.1) is 0 Å². The van der Waals surface area contributed by atoms with Crippen LogP contribution in [0.4, 0.5) is 0 Å². The van der Waals surface area contributed by atoms with Gasteiger partial charge >= 0.3 is 0 Å². The SMILES string of the molecule is COc1cc2c(cc1O)C1Cc3ccc(OC)c(O)c3C[NH+]1CC2. The highest BCUT2D eigenvalue weighted by Crippen LogP contribution is 2.39. The van der Waals surface area contributed by atoms with Gasteiger partial charge in [0.1, 0.15) is 12.6 Å². The van der Waals surface area contributed by atoms with Crippen LogP contribution in [0.3, 0.4) is 0 Å². The first kappa shape index (κ1) is 15.1. The van der Waals surface area contributed by atoms with Crippen molar-refractivity contribution >= 4 is 0 Å². The number of nitrogens with one attached hydrogen (secondary N) is 1. The number of methoxy groups -OCH3 is 2. The fourth-order valence-electron chi connectivity index (χ4n) is 4.14. The predicted molar refractivity (Wildman–Crippen MR) is 89.0 cm³/mol. The summed E-state index contributed by atoms with van der Waals surface area (Å²) in [4.78, 5) is 1.42. The van der Waals surface area contributed by atoms with Crippen LogP contribution in [0.2, 0.25) is 0 Å². The van der Waals surface area contributed by atoms with Crippen molar-refractivity contribution in [1.29, 1.82) is 0 Å². The van der Waals surface area contributed by atoms with E-state index >= 15 is 0 Å². The third-order valence-electron chi connectivity index (χ3n) is 5.41. The Balaban J connectivity index is 1.76. The summed E-state index contributed by atoms with van der Waals surface area (Å²) in [6.45, 7) is 1.77. The van der Waals surface area contributed by atoms with Crippen LogP contribution in [-0.4, -0.2) is 31.0 Å². The Morgan fingerprint density at radius 2 is 1.83 bits per heavy atom. The third-order valence-corrected chi connectivity index (χ3v) is 5.41. The summed E-state index contributed by atoms with van der Waals surface area (Å²) in [5, 5.41) is 20.6. The summed E-state index contributed by atoms with van der Waals surface area (Å²) in [7, 11) is 3.15. The molecule has 2 aromatic rings. The van der Waals surface area contributed by atoms with E-state index in [1.165, 1.54) is 16.0 Å². The predicted octanol–water partition coefficient (Wildman–Crippen LogP) is 1.35. The maximum Gasteiger partial charge on any atom is 0.166 e. The summed E-state index contributed by atoms with van der Waals surface area (Å²) in [5.74, 6) is 1.53. The number of ether oxygens (including phenoxy) is 2. The van der Waals surface area contributed by atoms with Gasteiger partial charge in [0.2, 0.25) is 0 Å². The Kier molecular flexibility index (Phi) is 3.53. The van der Waals surface area contributed by atoms with E-state index in [4.69, 9.17) is 9.47 Å². The molecule has 4 rings (SSSR count). The van der Waals surface area contributed by atoms with Gasteiger partial charge in [-0.05, 0) is 29.3 Å². The fourth-order valence-corrected chi connectivity index (χ4v) is 4.14. The normalized spacial score (nSPS) is 21.4. The van der Waals surface area contributed by atoms with E-state index in [1.807, 2.05) is 24.3 Å². The standard InChI is InChI=1S/C19H21NO4/c1-23-17-4-3-11-7-15-13-9-16(21)18(24-2)8-12(13)5-6-20(15)10-14(11)19(17)22/h3-4,8-9,15,21-22H,5-7,10H2,1-2H3/p+1. The van der Waals surface area contributed by atoms with Gasteiger partial charge in [0.05, 0.1) is 26.3 Å². The molecule has 0 spiro atoms. The maximum absolute atomic E-state index is 10.4. The van der Waals surface area contributed by atoms with Gasteiger partial charge in [-0.25, -0.2) is 0 Å². The van der Waals surface area contributed by atoms with Crippen molar-refractivity contribution in [1.82, 2.24) is 0 Å². The highest BCUT2D eigenvalue weighted by Gasteiger charge is 2.37. The Bertz CT molecular complexity index is 802. The summed E-state index contributed by atoms with van der Waals surface area (Å²) < 4.78 is 10.5. The zero-order chi connectivity index (χ0) is 16.8. The van der Waals surface area contributed by atoms with E-state index in [1.54, 1.807) is 14.2 Å². The first-order valence-electron chi connectivity index (χ1n) is 8.24. The summed E-state index contributed by atoms with van der Waals surface area (Å²) >= 11 is 0. The summed E-state index contributed by atoms with van der Waals surface area (Å²) in [6, 6.07) is 7.98. The first-order chi connectivity index (χ1) is 11.6. The highest BCUT2D eigenvalue weighted by atomic mass is 16.5. The van der Waals surface area contributed by atoms with Gasteiger partial charge < -0.3 is 24.6 Å². The number of hydrogen-bond acceptors (Lipinski definition) is 4. The van der Waals surface area contributed by atoms with Crippen molar-refractivity contribution in [2.75, 3.05) is 20.8 Å². The molecule has 3 N–H and O–H groups in total. The van der Waals surface area contributed by atoms with Crippen LogP contribution in [0.5, 0.6) is 23.0 Å². The van der Waals surface area contributed by atoms with Crippen molar-refractivity contribution in [2.24, 2.45) is 0 Å². The average Bonchev–Trinajstić information content (AvgIpc) is 2.60. The van der Waals surface area contributed by atoms with Crippen LogP contribution in [-0.2, 0) is 19.4 Å². The molecular formula is C19H22NO4+. The second kappa shape index (κ2) is 5.60. The fraction of sp³-hybridized carbons (Fsp3) is 0.368. The molecule has 0 aliphatic carbocycles. The molecule has 5 nitrogen and oxygen atoms in total. The molecule has 0 aromatic heterocycles. The molecule has 0 bridgehead atoms. The topological polar surface area (TPSA) is 63.4 Å². The lowest BCUT2D eigenvalue weighted by Gasteiger charge is -2.38. The zero-order valence-corrected chi connectivity index (χ0v) is 13.9. The monoisotopic (exact) mass is 328 g/mol. The quantitative estimate of drug-likeness (QED) is 0.779. The zero-order valence-electron chi connectivity index (χ0n) is 13.9. The van der Waals surface area contributed by atoms with E-state index in [9.17, 15) is 10.2 Å². The van der Waals surface area contributed by atoms with Crippen LogP contribution in [0.25, 0.3) is 0 Å². The van der Waals surface area contributed by atoms with Gasteiger partial charge in [0.25, 0.3) is 0 Å². The van der Waals surface area contributed by atoms with E-state index in [0.29, 0.717) is 17.5 Å². The lowest BCUT2D eigenvalue weighted by Crippen LogP contribution is -3.13. The molecule has 2 unspecified atom stereocenters. The van der Waals surface area contributed by atoms with E-state index < -0.39 is 0 Å². The first-order valence-corrected chi connectivity index (χ1v) is 8.24. The second-order valence-corrected chi connectivity index (χ2v) is 6.57. The van der Waals surface area contributed by atoms with Gasteiger partial charge in [-0.3, -0.25) is 0 Å². The Labute approximate surface area is 141 Å². The second-order valence-electron chi connectivity index (χ2n) is 6.57. The number of rotatable bonds is 2. The molecule has 5 heteroatoms. The highest BCUT2D eigenvalue weighted by molar-refractivity contribution is 5.52. The van der Waals surface area contributed by atoms with Gasteiger partial charge in [0, 0.05) is 18.4 Å². The molecule has 2 aliphatic rings. The number of phenols is 2. The number of phenolic OH excluding ortho intramolecular Hbond substituents is 2. The van der Waals surface area contributed by atoms with Crippen LogP contribution in [0.15, 0.2) is 24.3 Å². The molecule has 2 aromatic carbocycles. The average molecular weight is 328 g/mol.